The quantitative estimate of drug-likeness (QED) is 0.473. The first kappa shape index (κ1) is 23.7. The number of rotatable bonds is 9. The number of anilines is 1. The molecule has 7 nitrogen and oxygen atoms in total. The van der Waals surface area contributed by atoms with Crippen molar-refractivity contribution in [2.24, 2.45) is 11.8 Å². The number of hydrogen-bond acceptors (Lipinski definition) is 5. The molecule has 1 aromatic heterocycles. The molecule has 1 heterocycles. The molecule has 2 amide bonds. The highest BCUT2D eigenvalue weighted by atomic mass is 19.1. The van der Waals surface area contributed by atoms with Gasteiger partial charge in [-0.15, -0.1) is 0 Å². The Morgan fingerprint density at radius 3 is 2.40 bits per heavy atom. The Balaban J connectivity index is 1.29. The van der Waals surface area contributed by atoms with E-state index in [0.29, 0.717) is 48.5 Å². The van der Waals surface area contributed by atoms with E-state index in [1.165, 1.54) is 12.1 Å². The van der Waals surface area contributed by atoms with Crippen LogP contribution in [0.4, 0.5) is 10.2 Å². The molecule has 186 valence electrons. The Morgan fingerprint density at radius 2 is 1.71 bits per heavy atom. The third-order valence-corrected chi connectivity index (χ3v) is 7.72. The Morgan fingerprint density at radius 1 is 1.03 bits per heavy atom. The second-order valence-electron chi connectivity index (χ2n) is 10.6. The summed E-state index contributed by atoms with van der Waals surface area (Å²) in [6.45, 7) is 1.38. The highest BCUT2D eigenvalue weighted by Gasteiger charge is 2.58. The van der Waals surface area contributed by atoms with E-state index in [1.54, 1.807) is 25.3 Å². The molecule has 0 radical (unpaired) electrons. The number of carbonyl (C=O) groups excluding carboxylic acids is 2. The molecule has 0 saturated heterocycles. The summed E-state index contributed by atoms with van der Waals surface area (Å²) in [7, 11) is 1.67. The summed E-state index contributed by atoms with van der Waals surface area (Å²) in [6.07, 6.45) is 6.32. The van der Waals surface area contributed by atoms with Gasteiger partial charge < -0.3 is 20.7 Å². The van der Waals surface area contributed by atoms with Gasteiger partial charge in [-0.3, -0.25) is 9.59 Å². The molecule has 6 rings (SSSR count). The molecular formula is C27H33FN4O3. The molecule has 4 bridgehead atoms. The maximum Gasteiger partial charge on any atom is 0.270 e. The Bertz CT molecular complexity index is 1090. The minimum absolute atomic E-state index is 0.181. The molecule has 4 aliphatic rings. The Labute approximate surface area is 205 Å². The minimum Gasteiger partial charge on any atom is -0.385 e. The number of amides is 2. The van der Waals surface area contributed by atoms with Gasteiger partial charge in [0.1, 0.15) is 17.3 Å². The average molecular weight is 481 g/mol. The number of nitrogens with one attached hydrogen (secondary N) is 3. The summed E-state index contributed by atoms with van der Waals surface area (Å²) in [5, 5.41) is 9.82. The SMILES string of the molecule is COCCCNc1cccc(C(=O)NC23CC4CC(CC(NC(=O)c5cccc(F)c5)(C4)C2)C3)n1. The van der Waals surface area contributed by atoms with Crippen LogP contribution in [-0.2, 0) is 4.74 Å². The average Bonchev–Trinajstić information content (AvgIpc) is 2.80. The zero-order valence-corrected chi connectivity index (χ0v) is 20.1. The van der Waals surface area contributed by atoms with E-state index >= 15 is 0 Å². The van der Waals surface area contributed by atoms with E-state index in [0.717, 1.165) is 38.5 Å². The second kappa shape index (κ2) is 9.57. The first-order chi connectivity index (χ1) is 16.9. The molecule has 2 atom stereocenters. The van der Waals surface area contributed by atoms with Crippen molar-refractivity contribution in [1.82, 2.24) is 15.6 Å². The zero-order valence-electron chi connectivity index (χ0n) is 20.1. The molecule has 35 heavy (non-hydrogen) atoms. The zero-order chi connectivity index (χ0) is 24.5. The second-order valence-corrected chi connectivity index (χ2v) is 10.6. The van der Waals surface area contributed by atoms with Crippen LogP contribution < -0.4 is 16.0 Å². The topological polar surface area (TPSA) is 92.4 Å². The lowest BCUT2D eigenvalue weighted by Gasteiger charge is -2.62. The van der Waals surface area contributed by atoms with Crippen molar-refractivity contribution in [3.63, 3.8) is 0 Å². The number of ether oxygens (including phenoxy) is 1. The smallest absolute Gasteiger partial charge is 0.270 e. The van der Waals surface area contributed by atoms with E-state index in [1.807, 2.05) is 12.1 Å². The van der Waals surface area contributed by atoms with Crippen LogP contribution in [0.25, 0.3) is 0 Å². The first-order valence-electron chi connectivity index (χ1n) is 12.5. The highest BCUT2D eigenvalue weighted by Crippen LogP contribution is 2.57. The van der Waals surface area contributed by atoms with Gasteiger partial charge in [-0.25, -0.2) is 9.37 Å². The monoisotopic (exact) mass is 480 g/mol. The van der Waals surface area contributed by atoms with Crippen LogP contribution in [-0.4, -0.2) is 48.1 Å². The third kappa shape index (κ3) is 5.17. The number of carbonyl (C=O) groups is 2. The molecule has 2 aromatic rings. The first-order valence-corrected chi connectivity index (χ1v) is 12.5. The molecule has 0 spiro atoms. The lowest BCUT2D eigenvalue weighted by Crippen LogP contribution is -2.69. The van der Waals surface area contributed by atoms with Gasteiger partial charge in [-0.05, 0) is 87.1 Å². The van der Waals surface area contributed by atoms with Crippen molar-refractivity contribution in [3.8, 4) is 0 Å². The van der Waals surface area contributed by atoms with Crippen molar-refractivity contribution >= 4 is 17.6 Å². The van der Waals surface area contributed by atoms with Gasteiger partial charge in [0.2, 0.25) is 0 Å². The maximum atomic E-state index is 13.7. The van der Waals surface area contributed by atoms with Gasteiger partial charge in [0.15, 0.2) is 0 Å². The Kier molecular flexibility index (Phi) is 6.49. The highest BCUT2D eigenvalue weighted by molar-refractivity contribution is 5.95. The van der Waals surface area contributed by atoms with Gasteiger partial charge in [-0.1, -0.05) is 12.1 Å². The lowest BCUT2D eigenvalue weighted by molar-refractivity contribution is -0.0448. The number of aromatic nitrogens is 1. The van der Waals surface area contributed by atoms with E-state index < -0.39 is 5.82 Å². The molecule has 8 heteroatoms. The Hall–Kier alpha value is -3.00. The van der Waals surface area contributed by atoms with Crippen LogP contribution in [0.15, 0.2) is 42.5 Å². The predicted molar refractivity (Wildman–Crippen MR) is 131 cm³/mol. The van der Waals surface area contributed by atoms with Crippen LogP contribution in [0.2, 0.25) is 0 Å². The van der Waals surface area contributed by atoms with Crippen LogP contribution in [0.1, 0.15) is 65.8 Å². The third-order valence-electron chi connectivity index (χ3n) is 7.72. The minimum atomic E-state index is -0.421. The van der Waals surface area contributed by atoms with Crippen molar-refractivity contribution < 1.29 is 18.7 Å². The summed E-state index contributed by atoms with van der Waals surface area (Å²) in [4.78, 5) is 30.8. The number of pyridine rings is 1. The van der Waals surface area contributed by atoms with E-state index in [4.69, 9.17) is 4.74 Å². The van der Waals surface area contributed by atoms with Gasteiger partial charge >= 0.3 is 0 Å². The van der Waals surface area contributed by atoms with Crippen LogP contribution in [0, 0.1) is 17.7 Å². The fourth-order valence-electron chi connectivity index (χ4n) is 6.90. The maximum absolute atomic E-state index is 13.7. The summed E-state index contributed by atoms with van der Waals surface area (Å²) < 4.78 is 18.8. The van der Waals surface area contributed by atoms with Crippen LogP contribution >= 0.6 is 0 Å². The molecule has 4 aliphatic carbocycles. The molecular weight excluding hydrogens is 447 g/mol. The molecule has 2 unspecified atom stereocenters. The standard InChI is InChI=1S/C27H33FN4O3/c1-35-10-4-9-29-23-8-3-7-22(30-23)25(34)32-27-15-18-11-19(16-27)14-26(13-18,17-27)31-24(33)20-5-2-6-21(28)12-20/h2-3,5-8,12,18-19H,4,9-11,13-17H2,1H3,(H,29,30)(H,31,33)(H,32,34). The fraction of sp³-hybridized carbons (Fsp3) is 0.519. The van der Waals surface area contributed by atoms with E-state index in [2.05, 4.69) is 20.9 Å². The molecule has 0 aliphatic heterocycles. The molecule has 3 N–H and O–H groups in total. The van der Waals surface area contributed by atoms with Gasteiger partial charge in [-0.2, -0.15) is 0 Å². The number of halogens is 1. The molecule has 4 saturated carbocycles. The summed E-state index contributed by atoms with van der Waals surface area (Å²) in [6, 6.07) is 11.2. The van der Waals surface area contributed by atoms with Crippen LogP contribution in [0.3, 0.4) is 0 Å². The molecule has 1 aromatic carbocycles. The van der Waals surface area contributed by atoms with Gasteiger partial charge in [0.05, 0.1) is 0 Å². The summed E-state index contributed by atoms with van der Waals surface area (Å²) in [5.74, 6) is 0.714. The number of methoxy groups -OCH3 is 1. The van der Waals surface area contributed by atoms with Crippen molar-refractivity contribution in [3.05, 3.63) is 59.5 Å². The van der Waals surface area contributed by atoms with E-state index in [-0.39, 0.29) is 22.9 Å². The summed E-state index contributed by atoms with van der Waals surface area (Å²) >= 11 is 0. The lowest BCUT2D eigenvalue weighted by atomic mass is 9.49. The van der Waals surface area contributed by atoms with Crippen molar-refractivity contribution in [2.45, 2.75) is 56.0 Å². The molecule has 4 fully saturated rings. The van der Waals surface area contributed by atoms with Crippen molar-refractivity contribution in [2.75, 3.05) is 25.6 Å². The van der Waals surface area contributed by atoms with Gasteiger partial charge in [0.25, 0.3) is 11.8 Å². The predicted octanol–water partition coefficient (Wildman–Crippen LogP) is 3.92. The van der Waals surface area contributed by atoms with Crippen LogP contribution in [0.5, 0.6) is 0 Å². The van der Waals surface area contributed by atoms with Crippen molar-refractivity contribution in [1.29, 1.82) is 0 Å². The van der Waals surface area contributed by atoms with E-state index in [9.17, 15) is 14.0 Å². The fourth-order valence-corrected chi connectivity index (χ4v) is 6.90. The number of hydrogen-bond donors (Lipinski definition) is 3. The normalized spacial score (nSPS) is 28.5. The summed E-state index contributed by atoms with van der Waals surface area (Å²) in [5.41, 5.74) is -0.0213. The number of nitrogens with zero attached hydrogens (tertiary/aromatic N) is 1. The van der Waals surface area contributed by atoms with Gasteiger partial charge in [0, 0.05) is 36.9 Å². The largest absolute Gasteiger partial charge is 0.385 e. The number of benzene rings is 1.